The van der Waals surface area contributed by atoms with E-state index in [9.17, 15) is 9.59 Å². The molecule has 0 aliphatic carbocycles. The monoisotopic (exact) mass is 106 g/mol. The van der Waals surface area contributed by atoms with Crippen molar-refractivity contribution >= 4 is 12.4 Å². The van der Waals surface area contributed by atoms with Crippen molar-refractivity contribution in [2.24, 2.45) is 5.73 Å². The number of carbonyl (C=O) groups is 2. The van der Waals surface area contributed by atoms with Crippen LogP contribution in [0.3, 0.4) is 0 Å². The highest BCUT2D eigenvalue weighted by atomic mass is 16.2. The summed E-state index contributed by atoms with van der Waals surface area (Å²) in [7, 11) is 0. The molecule has 0 unspecified atom stereocenters. The summed E-state index contributed by atoms with van der Waals surface area (Å²) in [6.07, 6.45) is 0.225. The normalized spacial score (nSPS) is 5.71. The Kier molecular flexibility index (Phi) is 6.52. The molecule has 5 nitrogen and oxygen atoms in total. The fourth-order valence-electron chi connectivity index (χ4n) is 0.0581. The van der Waals surface area contributed by atoms with Crippen molar-refractivity contribution in [1.29, 1.82) is 0 Å². The molecule has 5 heteroatoms. The molecule has 0 aliphatic rings. The van der Waals surface area contributed by atoms with Gasteiger partial charge in [0.1, 0.15) is 0 Å². The van der Waals surface area contributed by atoms with E-state index >= 15 is 0 Å². The molecule has 0 radical (unpaired) electrons. The zero-order chi connectivity index (χ0) is 4.99. The van der Waals surface area contributed by atoms with Gasteiger partial charge in [-0.15, -0.1) is 0 Å². The molecule has 5 N–H and O–H groups in total. The summed E-state index contributed by atoms with van der Waals surface area (Å²) in [5, 5.41) is 1.67. The van der Waals surface area contributed by atoms with Crippen LogP contribution < -0.4 is 11.1 Å². The molecule has 7 heavy (non-hydrogen) atoms. The smallest absolute Gasteiger partial charge is 0.318 e. The van der Waals surface area contributed by atoms with Gasteiger partial charge in [-0.1, -0.05) is 0 Å². The average molecular weight is 106 g/mol. The summed E-state index contributed by atoms with van der Waals surface area (Å²) in [6.45, 7) is 0. The van der Waals surface area contributed by atoms with Crippen molar-refractivity contribution < 1.29 is 15.1 Å². The van der Waals surface area contributed by atoms with Gasteiger partial charge in [0, 0.05) is 0 Å². The number of imide groups is 1. The largest absolute Gasteiger partial charge is 0.412 e. The Labute approximate surface area is 39.8 Å². The van der Waals surface area contributed by atoms with Crippen LogP contribution in [0.15, 0.2) is 0 Å². The van der Waals surface area contributed by atoms with Gasteiger partial charge in [0.05, 0.1) is 0 Å². The van der Waals surface area contributed by atoms with Crippen LogP contribution in [0.25, 0.3) is 0 Å². The standard InChI is InChI=1S/C2H4N2O2.H2O/c3-2(6)4-1-5;/h1H,(H3,3,4,5,6);1H2. The van der Waals surface area contributed by atoms with E-state index in [4.69, 9.17) is 0 Å². The third kappa shape index (κ3) is 11.4. The second-order valence-electron chi connectivity index (χ2n) is 0.626. The predicted octanol–water partition coefficient (Wildman–Crippen LogP) is -2.01. The van der Waals surface area contributed by atoms with Gasteiger partial charge in [-0.05, 0) is 0 Å². The second-order valence-corrected chi connectivity index (χ2v) is 0.626. The summed E-state index contributed by atoms with van der Waals surface area (Å²) in [5.74, 6) is 0. The lowest BCUT2D eigenvalue weighted by molar-refractivity contribution is -0.108. The Hall–Kier alpha value is -1.10. The molecule has 0 fully saturated rings. The van der Waals surface area contributed by atoms with Crippen LogP contribution in [0.2, 0.25) is 0 Å². The van der Waals surface area contributed by atoms with Crippen molar-refractivity contribution in [3.8, 4) is 0 Å². The molecule has 0 aromatic rings. The fourth-order valence-corrected chi connectivity index (χ4v) is 0.0581. The molecule has 0 saturated carbocycles. The van der Waals surface area contributed by atoms with Crippen molar-refractivity contribution in [3.05, 3.63) is 0 Å². The van der Waals surface area contributed by atoms with E-state index in [-0.39, 0.29) is 11.9 Å². The van der Waals surface area contributed by atoms with E-state index < -0.39 is 6.03 Å². The lowest BCUT2D eigenvalue weighted by atomic mass is 11.0. The van der Waals surface area contributed by atoms with E-state index in [1.165, 1.54) is 0 Å². The Bertz CT molecular complexity index is 71.3. The number of urea groups is 1. The number of carbonyl (C=O) groups excluding carboxylic acids is 2. The minimum Gasteiger partial charge on any atom is -0.412 e. The van der Waals surface area contributed by atoms with Crippen molar-refractivity contribution in [3.63, 3.8) is 0 Å². The zero-order valence-corrected chi connectivity index (χ0v) is 3.47. The van der Waals surface area contributed by atoms with Gasteiger partial charge in [-0.2, -0.15) is 0 Å². The first-order chi connectivity index (χ1) is 2.77. The van der Waals surface area contributed by atoms with Crippen molar-refractivity contribution in [1.82, 2.24) is 5.32 Å². The lowest BCUT2D eigenvalue weighted by Crippen LogP contribution is -2.27. The Morgan fingerprint density at radius 2 is 2.14 bits per heavy atom. The summed E-state index contributed by atoms with van der Waals surface area (Å²) < 4.78 is 0. The van der Waals surface area contributed by atoms with E-state index in [0.29, 0.717) is 0 Å². The molecule has 0 heterocycles. The quantitative estimate of drug-likeness (QED) is 0.377. The highest BCUT2D eigenvalue weighted by Gasteiger charge is 1.79. The van der Waals surface area contributed by atoms with Gasteiger partial charge in [0.15, 0.2) is 0 Å². The molecule has 0 saturated heterocycles. The van der Waals surface area contributed by atoms with Crippen LogP contribution >= 0.6 is 0 Å². The Balaban J connectivity index is 0. The highest BCUT2D eigenvalue weighted by molar-refractivity contribution is 5.82. The Morgan fingerprint density at radius 1 is 1.71 bits per heavy atom. The molecule has 0 spiro atoms. The number of hydrogen-bond donors (Lipinski definition) is 2. The van der Waals surface area contributed by atoms with Crippen LogP contribution in [-0.2, 0) is 4.79 Å². The number of amides is 3. The van der Waals surface area contributed by atoms with Gasteiger partial charge in [-0.3, -0.25) is 10.1 Å². The number of rotatable bonds is 1. The van der Waals surface area contributed by atoms with Crippen molar-refractivity contribution in [2.45, 2.75) is 0 Å². The maximum Gasteiger partial charge on any atom is 0.318 e. The van der Waals surface area contributed by atoms with Crippen LogP contribution in [-0.4, -0.2) is 17.9 Å². The molecule has 0 atom stereocenters. The van der Waals surface area contributed by atoms with Gasteiger partial charge in [0.25, 0.3) is 0 Å². The summed E-state index contributed by atoms with van der Waals surface area (Å²) in [4.78, 5) is 18.7. The summed E-state index contributed by atoms with van der Waals surface area (Å²) in [5.41, 5.74) is 4.42. The van der Waals surface area contributed by atoms with Gasteiger partial charge in [0.2, 0.25) is 6.41 Å². The lowest BCUT2D eigenvalue weighted by Gasteiger charge is -1.79. The van der Waals surface area contributed by atoms with E-state index in [1.54, 1.807) is 5.32 Å². The predicted molar refractivity (Wildman–Crippen MR) is 22.4 cm³/mol. The van der Waals surface area contributed by atoms with Crippen LogP contribution in [0.1, 0.15) is 0 Å². The molecule has 3 amide bonds. The zero-order valence-electron chi connectivity index (χ0n) is 3.47. The summed E-state index contributed by atoms with van der Waals surface area (Å²) in [6, 6.07) is -0.829. The highest BCUT2D eigenvalue weighted by Crippen LogP contribution is 1.41. The average Bonchev–Trinajstić information content (AvgIpc) is 1.35. The van der Waals surface area contributed by atoms with Gasteiger partial charge in [-0.25, -0.2) is 4.79 Å². The van der Waals surface area contributed by atoms with Crippen LogP contribution in [0, 0.1) is 0 Å². The molecule has 0 bridgehead atoms. The molecule has 42 valence electrons. The van der Waals surface area contributed by atoms with E-state index in [0.717, 1.165) is 0 Å². The second kappa shape index (κ2) is 4.90. The minimum absolute atomic E-state index is 0. The van der Waals surface area contributed by atoms with Gasteiger partial charge < -0.3 is 11.2 Å². The number of hydrogen-bond acceptors (Lipinski definition) is 2. The summed E-state index contributed by atoms with van der Waals surface area (Å²) >= 11 is 0. The number of nitrogens with two attached hydrogens (primary N) is 1. The number of nitrogens with one attached hydrogen (secondary N) is 1. The van der Waals surface area contributed by atoms with E-state index in [2.05, 4.69) is 5.73 Å². The maximum absolute atomic E-state index is 9.48. The van der Waals surface area contributed by atoms with Crippen LogP contribution in [0.4, 0.5) is 4.79 Å². The maximum atomic E-state index is 9.48. The molecular weight excluding hydrogens is 100 g/mol. The Morgan fingerprint density at radius 3 is 2.14 bits per heavy atom. The first-order valence-corrected chi connectivity index (χ1v) is 1.27. The molecule has 0 aliphatic heterocycles. The third-order valence-electron chi connectivity index (χ3n) is 0.201. The third-order valence-corrected chi connectivity index (χ3v) is 0.201. The SMILES string of the molecule is NC(=O)NC=O.O. The van der Waals surface area contributed by atoms with E-state index in [1.807, 2.05) is 0 Å². The fraction of sp³-hybridized carbons (Fsp3) is 0. The van der Waals surface area contributed by atoms with Crippen LogP contribution in [0.5, 0.6) is 0 Å². The van der Waals surface area contributed by atoms with Crippen molar-refractivity contribution in [2.75, 3.05) is 0 Å². The molecule has 0 aromatic carbocycles. The topological polar surface area (TPSA) is 104 Å². The minimum atomic E-state index is -0.829. The van der Waals surface area contributed by atoms with Gasteiger partial charge >= 0.3 is 6.03 Å². The number of primary amides is 1. The molecule has 0 rings (SSSR count). The first-order valence-electron chi connectivity index (χ1n) is 1.27. The first kappa shape index (κ1) is 9.31. The molecule has 0 aromatic heterocycles. The molecular formula is C2H6N2O3.